The van der Waals surface area contributed by atoms with Crippen LogP contribution in [0.25, 0.3) is 0 Å². The highest BCUT2D eigenvalue weighted by Gasteiger charge is 2.17. The molecule has 0 saturated carbocycles. The molecule has 1 atom stereocenters. The molecule has 5 nitrogen and oxygen atoms in total. The van der Waals surface area contributed by atoms with Crippen LogP contribution in [0.2, 0.25) is 0 Å². The first-order valence-electron chi connectivity index (χ1n) is 7.24. The van der Waals surface area contributed by atoms with Gasteiger partial charge >= 0.3 is 0 Å². The molecule has 1 aromatic rings. The van der Waals surface area contributed by atoms with Crippen molar-refractivity contribution in [3.05, 3.63) is 12.4 Å². The number of nitrogens with one attached hydrogen (secondary N) is 1. The molecule has 0 spiro atoms. The van der Waals surface area contributed by atoms with Crippen LogP contribution in [0.3, 0.4) is 0 Å². The number of aromatic nitrogens is 2. The molecule has 1 unspecified atom stereocenters. The van der Waals surface area contributed by atoms with E-state index >= 15 is 0 Å². The van der Waals surface area contributed by atoms with E-state index in [9.17, 15) is 0 Å². The van der Waals surface area contributed by atoms with Gasteiger partial charge in [0.2, 0.25) is 5.88 Å². The summed E-state index contributed by atoms with van der Waals surface area (Å²) in [5.74, 6) is 2.23. The highest BCUT2D eigenvalue weighted by molar-refractivity contribution is 5.37. The highest BCUT2D eigenvalue weighted by Crippen LogP contribution is 2.18. The van der Waals surface area contributed by atoms with Crippen LogP contribution < -0.4 is 15.0 Å². The highest BCUT2D eigenvalue weighted by atomic mass is 16.5. The zero-order valence-corrected chi connectivity index (χ0v) is 11.9. The number of ether oxygens (including phenoxy) is 1. The van der Waals surface area contributed by atoms with Crippen LogP contribution in [0.1, 0.15) is 26.7 Å². The molecule has 0 bridgehead atoms. The predicted molar refractivity (Wildman–Crippen MR) is 76.7 cm³/mol. The molecule has 0 amide bonds. The Morgan fingerprint density at radius 2 is 2.32 bits per heavy atom. The monoisotopic (exact) mass is 264 g/mol. The summed E-state index contributed by atoms with van der Waals surface area (Å²) >= 11 is 0. The van der Waals surface area contributed by atoms with Crippen LogP contribution in [0.5, 0.6) is 5.88 Å². The van der Waals surface area contributed by atoms with Crippen LogP contribution in [0.15, 0.2) is 12.4 Å². The normalized spacial score (nSPS) is 19.2. The average Bonchev–Trinajstić information content (AvgIpc) is 2.46. The fraction of sp³-hybridized carbons (Fsp3) is 0.714. The number of anilines is 1. The van der Waals surface area contributed by atoms with Gasteiger partial charge in [-0.3, -0.25) is 4.98 Å². The van der Waals surface area contributed by atoms with Crippen molar-refractivity contribution in [3.8, 4) is 5.88 Å². The molecule has 1 aromatic heterocycles. The minimum absolute atomic E-state index is 0.611. The maximum atomic E-state index is 5.42. The number of hydrogen-bond acceptors (Lipinski definition) is 5. The summed E-state index contributed by atoms with van der Waals surface area (Å²) in [5.41, 5.74) is 0. The van der Waals surface area contributed by atoms with E-state index in [-0.39, 0.29) is 0 Å². The van der Waals surface area contributed by atoms with E-state index in [2.05, 4.69) is 27.1 Å². The Bertz CT molecular complexity index is 379. The lowest BCUT2D eigenvalue weighted by atomic mass is 9.99. The van der Waals surface area contributed by atoms with Gasteiger partial charge in [0.25, 0.3) is 0 Å². The van der Waals surface area contributed by atoms with Crippen molar-refractivity contribution in [2.45, 2.75) is 26.7 Å². The smallest absolute Gasteiger partial charge is 0.234 e. The Labute approximate surface area is 115 Å². The van der Waals surface area contributed by atoms with Crippen LogP contribution in [-0.2, 0) is 0 Å². The fourth-order valence-electron chi connectivity index (χ4n) is 2.48. The van der Waals surface area contributed by atoms with Crippen molar-refractivity contribution < 1.29 is 4.74 Å². The molecule has 0 aromatic carbocycles. The topological polar surface area (TPSA) is 50.3 Å². The van der Waals surface area contributed by atoms with Gasteiger partial charge in [0.05, 0.1) is 19.0 Å². The first kappa shape index (κ1) is 14.1. The molecule has 106 valence electrons. The quantitative estimate of drug-likeness (QED) is 0.847. The van der Waals surface area contributed by atoms with E-state index in [0.717, 1.165) is 32.0 Å². The van der Waals surface area contributed by atoms with Gasteiger partial charge in [0.1, 0.15) is 0 Å². The molecule has 2 heterocycles. The van der Waals surface area contributed by atoms with E-state index in [1.54, 1.807) is 6.20 Å². The van der Waals surface area contributed by atoms with Gasteiger partial charge in [-0.2, -0.15) is 4.98 Å². The van der Waals surface area contributed by atoms with Crippen LogP contribution in [0, 0.1) is 5.92 Å². The Morgan fingerprint density at radius 1 is 1.42 bits per heavy atom. The summed E-state index contributed by atoms with van der Waals surface area (Å²) in [6, 6.07) is 0. The van der Waals surface area contributed by atoms with E-state index in [1.807, 2.05) is 13.1 Å². The lowest BCUT2D eigenvalue weighted by Gasteiger charge is -2.30. The van der Waals surface area contributed by atoms with Gasteiger partial charge in [0.15, 0.2) is 5.82 Å². The third-order valence-electron chi connectivity index (χ3n) is 3.48. The van der Waals surface area contributed by atoms with Crippen LogP contribution in [-0.4, -0.2) is 42.8 Å². The molecule has 1 aliphatic heterocycles. The molecule has 0 radical (unpaired) electrons. The molecule has 1 N–H and O–H groups in total. The van der Waals surface area contributed by atoms with Crippen molar-refractivity contribution >= 4 is 5.82 Å². The van der Waals surface area contributed by atoms with E-state index in [4.69, 9.17) is 4.74 Å². The zero-order chi connectivity index (χ0) is 13.5. The summed E-state index contributed by atoms with van der Waals surface area (Å²) in [5, 5.41) is 3.46. The second-order valence-electron chi connectivity index (χ2n) is 4.90. The van der Waals surface area contributed by atoms with Gasteiger partial charge in [-0.25, -0.2) is 0 Å². The van der Waals surface area contributed by atoms with Crippen molar-refractivity contribution in [2.24, 2.45) is 5.92 Å². The number of rotatable bonds is 6. The maximum absolute atomic E-state index is 5.42. The van der Waals surface area contributed by atoms with Gasteiger partial charge < -0.3 is 15.0 Å². The Morgan fingerprint density at radius 3 is 3.00 bits per heavy atom. The largest absolute Gasteiger partial charge is 0.477 e. The molecule has 2 rings (SSSR count). The Balaban J connectivity index is 2.01. The number of hydrogen-bond donors (Lipinski definition) is 1. The Hall–Kier alpha value is -1.36. The van der Waals surface area contributed by atoms with Gasteiger partial charge in [-0.15, -0.1) is 0 Å². The standard InChI is InChI=1S/C14H24N4O/c1-3-18(11-12-6-5-7-15-8-12)13-9-16-10-14(17-13)19-4-2/h9-10,12,15H,3-8,11H2,1-2H3. The summed E-state index contributed by atoms with van der Waals surface area (Å²) in [6.45, 7) is 8.98. The summed E-state index contributed by atoms with van der Waals surface area (Å²) in [6.07, 6.45) is 6.06. The first-order valence-corrected chi connectivity index (χ1v) is 7.24. The third-order valence-corrected chi connectivity index (χ3v) is 3.48. The summed E-state index contributed by atoms with van der Waals surface area (Å²) in [7, 11) is 0. The number of piperidine rings is 1. The van der Waals surface area contributed by atoms with Crippen LogP contribution >= 0.6 is 0 Å². The first-order chi connectivity index (χ1) is 9.33. The molecule has 19 heavy (non-hydrogen) atoms. The average molecular weight is 264 g/mol. The SMILES string of the molecule is CCOc1cncc(N(CC)CC2CCCNC2)n1. The second kappa shape index (κ2) is 7.28. The van der Waals surface area contributed by atoms with E-state index in [1.165, 1.54) is 12.8 Å². The van der Waals surface area contributed by atoms with Crippen molar-refractivity contribution in [3.63, 3.8) is 0 Å². The second-order valence-corrected chi connectivity index (χ2v) is 4.90. The van der Waals surface area contributed by atoms with Crippen molar-refractivity contribution in [2.75, 3.05) is 37.7 Å². The lowest BCUT2D eigenvalue weighted by Crippen LogP contribution is -2.38. The molecular weight excluding hydrogens is 240 g/mol. The fourth-order valence-corrected chi connectivity index (χ4v) is 2.48. The van der Waals surface area contributed by atoms with Crippen LogP contribution in [0.4, 0.5) is 5.82 Å². The van der Waals surface area contributed by atoms with Gasteiger partial charge in [-0.1, -0.05) is 0 Å². The van der Waals surface area contributed by atoms with Gasteiger partial charge in [-0.05, 0) is 45.7 Å². The summed E-state index contributed by atoms with van der Waals surface area (Å²) in [4.78, 5) is 11.0. The molecular formula is C14H24N4O. The molecule has 1 aliphatic rings. The minimum Gasteiger partial charge on any atom is -0.477 e. The predicted octanol–water partition coefficient (Wildman–Crippen LogP) is 1.70. The van der Waals surface area contributed by atoms with Crippen molar-refractivity contribution in [1.29, 1.82) is 0 Å². The van der Waals surface area contributed by atoms with E-state index in [0.29, 0.717) is 18.4 Å². The number of nitrogens with zero attached hydrogens (tertiary/aromatic N) is 3. The maximum Gasteiger partial charge on any atom is 0.234 e. The lowest BCUT2D eigenvalue weighted by molar-refractivity contribution is 0.324. The van der Waals surface area contributed by atoms with Crippen molar-refractivity contribution in [1.82, 2.24) is 15.3 Å². The molecule has 0 aliphatic carbocycles. The van der Waals surface area contributed by atoms with Gasteiger partial charge in [0, 0.05) is 13.1 Å². The minimum atomic E-state index is 0.611. The third kappa shape index (κ3) is 4.06. The summed E-state index contributed by atoms with van der Waals surface area (Å²) < 4.78 is 5.42. The zero-order valence-electron chi connectivity index (χ0n) is 11.9. The molecule has 1 saturated heterocycles. The molecule has 5 heteroatoms. The Kier molecular flexibility index (Phi) is 5.39. The van der Waals surface area contributed by atoms with E-state index < -0.39 is 0 Å². The molecule has 1 fully saturated rings.